The largest absolute Gasteiger partial charge is 0.377 e. The lowest BCUT2D eigenvalue weighted by molar-refractivity contribution is 0.0640. The Labute approximate surface area is 175 Å². The summed E-state index contributed by atoms with van der Waals surface area (Å²) >= 11 is 0. The van der Waals surface area contributed by atoms with E-state index in [0.717, 1.165) is 4.90 Å². The van der Waals surface area contributed by atoms with Crippen LogP contribution in [0.5, 0.6) is 0 Å². The van der Waals surface area contributed by atoms with Crippen molar-refractivity contribution in [1.82, 2.24) is 19.9 Å². The number of amides is 2. The van der Waals surface area contributed by atoms with Crippen molar-refractivity contribution < 1.29 is 23.1 Å². The van der Waals surface area contributed by atoms with Crippen molar-refractivity contribution in [2.75, 3.05) is 13.2 Å². The number of nitrogens with zero attached hydrogens (tertiary/aromatic N) is 4. The van der Waals surface area contributed by atoms with Gasteiger partial charge in [-0.2, -0.15) is 0 Å². The lowest BCUT2D eigenvalue weighted by Crippen LogP contribution is -2.29. The third-order valence-corrected chi connectivity index (χ3v) is 5.31. The second-order valence-corrected chi connectivity index (χ2v) is 7.24. The van der Waals surface area contributed by atoms with E-state index >= 15 is 0 Å². The molecular weight excluding hydrogens is 406 g/mol. The van der Waals surface area contributed by atoms with Crippen molar-refractivity contribution in [3.05, 3.63) is 82.7 Å². The first kappa shape index (κ1) is 19.3. The van der Waals surface area contributed by atoms with Gasteiger partial charge in [-0.25, -0.2) is 13.5 Å². The van der Waals surface area contributed by atoms with E-state index in [1.165, 1.54) is 23.0 Å². The van der Waals surface area contributed by atoms with Crippen molar-refractivity contribution in [2.24, 2.45) is 0 Å². The molecule has 2 amide bonds. The summed E-state index contributed by atoms with van der Waals surface area (Å²) in [5.41, 5.74) is 1.62. The van der Waals surface area contributed by atoms with Gasteiger partial charge < -0.3 is 4.74 Å². The summed E-state index contributed by atoms with van der Waals surface area (Å²) < 4.78 is 35.8. The summed E-state index contributed by atoms with van der Waals surface area (Å²) in [5.74, 6) is -2.25. The smallest absolute Gasteiger partial charge is 0.261 e. The number of rotatable bonds is 4. The highest BCUT2D eigenvalue weighted by Crippen LogP contribution is 2.29. The fourth-order valence-electron chi connectivity index (χ4n) is 3.79. The van der Waals surface area contributed by atoms with Crippen LogP contribution in [0.2, 0.25) is 0 Å². The number of hydrogen-bond donors (Lipinski definition) is 0. The van der Waals surface area contributed by atoms with Crippen LogP contribution in [-0.2, 0) is 11.3 Å². The minimum atomic E-state index is -0.708. The molecule has 156 valence electrons. The molecule has 0 atom stereocenters. The van der Waals surface area contributed by atoms with Crippen LogP contribution >= 0.6 is 0 Å². The van der Waals surface area contributed by atoms with Crippen molar-refractivity contribution in [3.8, 4) is 5.69 Å². The minimum Gasteiger partial charge on any atom is -0.377 e. The number of aromatic nitrogens is 3. The first-order chi connectivity index (χ1) is 15.0. The fourth-order valence-corrected chi connectivity index (χ4v) is 3.79. The molecule has 0 N–H and O–H groups in total. The highest BCUT2D eigenvalue weighted by atomic mass is 19.1. The van der Waals surface area contributed by atoms with Crippen LogP contribution in [0.1, 0.15) is 38.4 Å². The van der Waals surface area contributed by atoms with E-state index in [9.17, 15) is 18.4 Å². The van der Waals surface area contributed by atoms with Crippen LogP contribution in [0.3, 0.4) is 0 Å². The van der Waals surface area contributed by atoms with Crippen molar-refractivity contribution in [2.45, 2.75) is 13.0 Å². The highest BCUT2D eigenvalue weighted by Gasteiger charge is 2.35. The first-order valence-corrected chi connectivity index (χ1v) is 9.66. The van der Waals surface area contributed by atoms with Gasteiger partial charge in [-0.05, 0) is 24.1 Å². The van der Waals surface area contributed by atoms with Gasteiger partial charge in [0, 0.05) is 17.7 Å². The van der Waals surface area contributed by atoms with E-state index in [0.29, 0.717) is 42.0 Å². The van der Waals surface area contributed by atoms with Crippen LogP contribution < -0.4 is 0 Å². The highest BCUT2D eigenvalue weighted by molar-refractivity contribution is 6.21. The van der Waals surface area contributed by atoms with Crippen molar-refractivity contribution in [1.29, 1.82) is 0 Å². The van der Waals surface area contributed by atoms with Gasteiger partial charge in [-0.15, -0.1) is 5.10 Å². The van der Waals surface area contributed by atoms with Gasteiger partial charge in [0.25, 0.3) is 11.8 Å². The number of imide groups is 1. The zero-order valence-electron chi connectivity index (χ0n) is 16.2. The van der Waals surface area contributed by atoms with E-state index in [1.54, 1.807) is 30.3 Å². The maximum atomic E-state index is 14.7. The molecule has 2 aliphatic heterocycles. The lowest BCUT2D eigenvalue weighted by Gasteiger charge is -2.15. The number of ether oxygens (including phenoxy) is 1. The van der Waals surface area contributed by atoms with Crippen LogP contribution in [0.4, 0.5) is 8.78 Å². The third kappa shape index (κ3) is 3.32. The normalized spacial score (nSPS) is 15.9. The van der Waals surface area contributed by atoms with E-state index < -0.39 is 23.4 Å². The van der Waals surface area contributed by atoms with Crippen molar-refractivity contribution in [3.63, 3.8) is 0 Å². The lowest BCUT2D eigenvalue weighted by atomic mass is 10.00. The number of carbonyl (C=O) groups excluding carboxylic acids is 2. The number of halogens is 2. The Hall–Kier alpha value is -3.72. The molecule has 3 aromatic rings. The molecule has 0 saturated heterocycles. The molecule has 2 aromatic carbocycles. The molecule has 7 nitrogen and oxygen atoms in total. The van der Waals surface area contributed by atoms with Gasteiger partial charge in [0.1, 0.15) is 17.3 Å². The molecule has 0 spiro atoms. The molecule has 0 unspecified atom stereocenters. The second-order valence-electron chi connectivity index (χ2n) is 7.24. The van der Waals surface area contributed by atoms with Crippen molar-refractivity contribution >= 4 is 17.4 Å². The molecule has 5 rings (SSSR count). The second kappa shape index (κ2) is 7.51. The Morgan fingerprint density at radius 1 is 1.03 bits per heavy atom. The minimum absolute atomic E-state index is 0.0709. The summed E-state index contributed by atoms with van der Waals surface area (Å²) in [6.07, 6.45) is 3.53. The molecule has 0 bridgehead atoms. The van der Waals surface area contributed by atoms with Crippen LogP contribution in [0.15, 0.2) is 48.7 Å². The van der Waals surface area contributed by atoms with Gasteiger partial charge >= 0.3 is 0 Å². The van der Waals surface area contributed by atoms with Gasteiger partial charge in [-0.3, -0.25) is 14.5 Å². The standard InChI is InChI=1S/C22H16F2N4O3/c23-18-9-15(10-19(24)20(18)13-5-7-31-8-6-13)28-12-14(25-26-28)11-27-21(29)16-3-1-2-4-17(16)22(27)30/h1-5,9-10,12H,6-8,11H2. The summed E-state index contributed by atoms with van der Waals surface area (Å²) in [7, 11) is 0. The number of carbonyl (C=O) groups is 2. The fraction of sp³-hybridized carbons (Fsp3) is 0.182. The maximum absolute atomic E-state index is 14.7. The van der Waals surface area contributed by atoms with Gasteiger partial charge in [0.15, 0.2) is 0 Å². The third-order valence-electron chi connectivity index (χ3n) is 5.31. The number of hydrogen-bond acceptors (Lipinski definition) is 5. The SMILES string of the molecule is O=C1c2ccccc2C(=O)N1Cc1cn(-c2cc(F)c(C3=CCOCC3)c(F)c2)nn1. The quantitative estimate of drug-likeness (QED) is 0.604. The van der Waals surface area contributed by atoms with E-state index in [1.807, 2.05) is 0 Å². The molecule has 0 radical (unpaired) electrons. The molecule has 9 heteroatoms. The molecule has 0 saturated carbocycles. The van der Waals surface area contributed by atoms with Crippen LogP contribution in [-0.4, -0.2) is 44.9 Å². The average molecular weight is 422 g/mol. The van der Waals surface area contributed by atoms with Gasteiger partial charge in [0.05, 0.1) is 42.8 Å². The average Bonchev–Trinajstić information content (AvgIpc) is 3.34. The summed E-state index contributed by atoms with van der Waals surface area (Å²) in [6, 6.07) is 8.91. The van der Waals surface area contributed by atoms with Gasteiger partial charge in [0.2, 0.25) is 0 Å². The zero-order valence-corrected chi connectivity index (χ0v) is 16.2. The van der Waals surface area contributed by atoms with Gasteiger partial charge in [-0.1, -0.05) is 23.4 Å². The number of benzene rings is 2. The molecule has 1 aromatic heterocycles. The molecule has 2 aliphatic rings. The Balaban J connectivity index is 1.40. The summed E-state index contributed by atoms with van der Waals surface area (Å²) in [6.45, 7) is 0.638. The zero-order chi connectivity index (χ0) is 21.5. The maximum Gasteiger partial charge on any atom is 0.261 e. The summed E-state index contributed by atoms with van der Waals surface area (Å²) in [5, 5.41) is 7.85. The molecule has 3 heterocycles. The topological polar surface area (TPSA) is 77.3 Å². The van der Waals surface area contributed by atoms with Crippen LogP contribution in [0.25, 0.3) is 11.3 Å². The molecule has 0 aliphatic carbocycles. The predicted molar refractivity (Wildman–Crippen MR) is 105 cm³/mol. The van der Waals surface area contributed by atoms with Crippen LogP contribution in [0, 0.1) is 11.6 Å². The Morgan fingerprint density at radius 3 is 2.32 bits per heavy atom. The monoisotopic (exact) mass is 422 g/mol. The molecule has 31 heavy (non-hydrogen) atoms. The Kier molecular flexibility index (Phi) is 4.67. The molecule has 0 fully saturated rings. The van der Waals surface area contributed by atoms with E-state index in [4.69, 9.17) is 4.74 Å². The Bertz CT molecular complexity index is 1190. The number of fused-ring (bicyclic) bond motifs is 1. The summed E-state index contributed by atoms with van der Waals surface area (Å²) in [4.78, 5) is 26.1. The first-order valence-electron chi connectivity index (χ1n) is 9.66. The Morgan fingerprint density at radius 2 is 1.71 bits per heavy atom. The predicted octanol–water partition coefficient (Wildman–Crippen LogP) is 3.15. The molecular formula is C22H16F2N4O3. The van der Waals surface area contributed by atoms with E-state index in [2.05, 4.69) is 10.3 Å². The van der Waals surface area contributed by atoms with E-state index in [-0.39, 0.29) is 17.8 Å².